The van der Waals surface area contributed by atoms with E-state index in [2.05, 4.69) is 137 Å². The van der Waals surface area contributed by atoms with Crippen LogP contribution in [0.3, 0.4) is 0 Å². The molecule has 2 nitrogen and oxygen atoms in total. The maximum Gasteiger partial charge on any atom is 0.253 e. The van der Waals surface area contributed by atoms with Gasteiger partial charge in [-0.25, -0.2) is 0 Å². The van der Waals surface area contributed by atoms with Gasteiger partial charge < -0.3 is 9.13 Å². The van der Waals surface area contributed by atoms with Crippen LogP contribution in [0.4, 0.5) is 22.7 Å². The van der Waals surface area contributed by atoms with Gasteiger partial charge in [-0.1, -0.05) is 72.8 Å². The van der Waals surface area contributed by atoms with Crippen molar-refractivity contribution in [1.82, 2.24) is 0 Å². The smallest absolute Gasteiger partial charge is 0.253 e. The van der Waals surface area contributed by atoms with Crippen LogP contribution >= 0.6 is 0 Å². The van der Waals surface area contributed by atoms with Crippen molar-refractivity contribution >= 4 is 31.9 Å². The van der Waals surface area contributed by atoms with E-state index in [0.29, 0.717) is 0 Å². The topological polar surface area (TPSA) is 6.48 Å². The first-order valence-corrected chi connectivity index (χ1v) is 11.8. The predicted molar refractivity (Wildman–Crippen MR) is 123 cm³/mol. The number of hydrogen-bond acceptors (Lipinski definition) is 2. The Balaban J connectivity index is 1.84. The molecule has 4 aromatic carbocycles. The van der Waals surface area contributed by atoms with Gasteiger partial charge in [-0.2, -0.15) is 0 Å². The number of hydrogen-bond donors (Lipinski definition) is 0. The molecule has 0 saturated carbocycles. The van der Waals surface area contributed by atoms with E-state index in [0.717, 1.165) is 0 Å². The summed E-state index contributed by atoms with van der Waals surface area (Å²) >= 11 is 0. The fourth-order valence-electron chi connectivity index (χ4n) is 3.63. The average Bonchev–Trinajstić information content (AvgIpc) is 2.77. The summed E-state index contributed by atoms with van der Waals surface area (Å²) in [6, 6.07) is 42.8. The minimum absolute atomic E-state index is 1.23. The van der Waals surface area contributed by atoms with Crippen LogP contribution in [0.5, 0.6) is 0 Å². The molecule has 0 bridgehead atoms. The van der Waals surface area contributed by atoms with E-state index in [9.17, 15) is 0 Å². The molecule has 138 valence electrons. The van der Waals surface area contributed by atoms with E-state index in [-0.39, 0.29) is 0 Å². The van der Waals surface area contributed by atoms with Crippen molar-refractivity contribution in [3.63, 3.8) is 0 Å². The Morgan fingerprint density at radius 3 is 0.821 bits per heavy atom. The number of anilines is 4. The van der Waals surface area contributed by atoms with Gasteiger partial charge in [0.05, 0.1) is 0 Å². The van der Waals surface area contributed by atoms with Crippen molar-refractivity contribution in [3.05, 3.63) is 121 Å². The first kappa shape index (κ1) is 18.1. The van der Waals surface area contributed by atoms with Crippen molar-refractivity contribution in [2.24, 2.45) is 0 Å². The highest BCUT2D eigenvalue weighted by molar-refractivity contribution is 6.69. The van der Waals surface area contributed by atoms with Crippen molar-refractivity contribution in [3.8, 4) is 0 Å². The van der Waals surface area contributed by atoms with Crippen LogP contribution in [0.1, 0.15) is 0 Å². The second kappa shape index (κ2) is 8.59. The molecule has 0 aliphatic heterocycles. The van der Waals surface area contributed by atoms with Crippen molar-refractivity contribution in [2.75, 3.05) is 9.13 Å². The third-order valence-electron chi connectivity index (χ3n) is 4.88. The third-order valence-corrected chi connectivity index (χ3v) is 7.57. The summed E-state index contributed by atoms with van der Waals surface area (Å²) in [6.45, 7) is 2.39. The Morgan fingerprint density at radius 1 is 0.393 bits per heavy atom. The maximum atomic E-state index is 2.51. The van der Waals surface area contributed by atoms with Gasteiger partial charge >= 0.3 is 0 Å². The van der Waals surface area contributed by atoms with Gasteiger partial charge in [0.2, 0.25) is 0 Å². The van der Waals surface area contributed by atoms with E-state index >= 15 is 0 Å². The van der Waals surface area contributed by atoms with E-state index in [1.807, 2.05) is 0 Å². The number of benzene rings is 4. The molecule has 0 aliphatic rings. The fraction of sp³-hybridized carbons (Fsp3) is 0.0400. The van der Waals surface area contributed by atoms with Gasteiger partial charge in [0.15, 0.2) is 0 Å². The zero-order valence-electron chi connectivity index (χ0n) is 16.0. The lowest BCUT2D eigenvalue weighted by atomic mass is 10.3. The summed E-state index contributed by atoms with van der Waals surface area (Å²) in [6.07, 6.45) is 0. The Kier molecular flexibility index (Phi) is 5.55. The van der Waals surface area contributed by atoms with Crippen LogP contribution in [-0.4, -0.2) is 9.12 Å². The fourth-order valence-corrected chi connectivity index (χ4v) is 6.28. The zero-order valence-corrected chi connectivity index (χ0v) is 17.2. The summed E-state index contributed by atoms with van der Waals surface area (Å²) in [5, 5.41) is 0. The molecule has 0 atom stereocenters. The highest BCUT2D eigenvalue weighted by Gasteiger charge is 2.26. The quantitative estimate of drug-likeness (QED) is 0.352. The van der Waals surface area contributed by atoms with Crippen LogP contribution in [0, 0.1) is 0 Å². The van der Waals surface area contributed by atoms with Crippen LogP contribution in [0.25, 0.3) is 0 Å². The van der Waals surface area contributed by atoms with E-state index in [4.69, 9.17) is 0 Å². The second-order valence-corrected chi connectivity index (χ2v) is 9.01. The molecular formula is C25H24N2Si. The van der Waals surface area contributed by atoms with E-state index in [1.54, 1.807) is 0 Å². The summed E-state index contributed by atoms with van der Waals surface area (Å²) in [5.74, 6) is 0. The maximum absolute atomic E-state index is 2.51. The molecule has 0 N–H and O–H groups in total. The van der Waals surface area contributed by atoms with Gasteiger partial charge in [0.1, 0.15) is 0 Å². The van der Waals surface area contributed by atoms with Crippen LogP contribution in [0.2, 0.25) is 6.55 Å². The SMILES string of the molecule is C[SiH](N(c1ccccc1)c1ccccc1)N(c1ccccc1)c1ccccc1. The average molecular weight is 381 g/mol. The Hall–Kier alpha value is -3.30. The van der Waals surface area contributed by atoms with Crippen molar-refractivity contribution in [1.29, 1.82) is 0 Å². The molecule has 0 unspecified atom stereocenters. The van der Waals surface area contributed by atoms with Gasteiger partial charge in [-0.3, -0.25) is 0 Å². The van der Waals surface area contributed by atoms with Gasteiger partial charge in [-0.05, 0) is 55.1 Å². The normalized spacial score (nSPS) is 10.6. The van der Waals surface area contributed by atoms with Gasteiger partial charge in [-0.15, -0.1) is 0 Å². The molecule has 0 amide bonds. The molecule has 3 heteroatoms. The Bertz CT molecular complexity index is 814. The van der Waals surface area contributed by atoms with Gasteiger partial charge in [0.25, 0.3) is 9.12 Å². The van der Waals surface area contributed by atoms with E-state index in [1.165, 1.54) is 22.7 Å². The van der Waals surface area contributed by atoms with E-state index < -0.39 is 9.12 Å². The van der Waals surface area contributed by atoms with Crippen molar-refractivity contribution in [2.45, 2.75) is 6.55 Å². The molecule has 0 aromatic heterocycles. The highest BCUT2D eigenvalue weighted by Crippen LogP contribution is 2.33. The Labute approximate surface area is 169 Å². The lowest BCUT2D eigenvalue weighted by Crippen LogP contribution is -2.46. The number of para-hydroxylation sites is 4. The standard InChI is InChI=1S/C25H24N2Si/c1-28(26(22-14-6-2-7-15-22)23-16-8-3-9-17-23)27(24-18-10-4-11-19-24)25-20-12-5-13-21-25/h2-21,28H,1H3. The molecule has 0 radical (unpaired) electrons. The number of rotatable bonds is 6. The third kappa shape index (κ3) is 3.85. The summed E-state index contributed by atoms with van der Waals surface area (Å²) < 4.78 is 5.03. The number of nitrogens with zero attached hydrogens (tertiary/aromatic N) is 2. The summed E-state index contributed by atoms with van der Waals surface area (Å²) in [4.78, 5) is 0. The van der Waals surface area contributed by atoms with Crippen LogP contribution in [0.15, 0.2) is 121 Å². The second-order valence-electron chi connectivity index (χ2n) is 6.71. The molecule has 0 spiro atoms. The molecule has 4 aromatic rings. The molecule has 0 heterocycles. The minimum Gasteiger partial charge on any atom is -0.353 e. The largest absolute Gasteiger partial charge is 0.353 e. The van der Waals surface area contributed by atoms with Crippen molar-refractivity contribution < 1.29 is 0 Å². The van der Waals surface area contributed by atoms with Crippen LogP contribution < -0.4 is 9.13 Å². The summed E-state index contributed by atoms with van der Waals surface area (Å²) in [5.41, 5.74) is 4.91. The lowest BCUT2D eigenvalue weighted by Gasteiger charge is -2.39. The minimum atomic E-state index is -1.67. The molecule has 4 rings (SSSR count). The lowest BCUT2D eigenvalue weighted by molar-refractivity contribution is 1.27. The molecule has 0 aliphatic carbocycles. The summed E-state index contributed by atoms with van der Waals surface area (Å²) in [7, 11) is -1.67. The molecule has 28 heavy (non-hydrogen) atoms. The first-order valence-electron chi connectivity index (χ1n) is 9.63. The van der Waals surface area contributed by atoms with Crippen LogP contribution in [-0.2, 0) is 0 Å². The molecule has 0 fully saturated rings. The highest BCUT2D eigenvalue weighted by atomic mass is 28.3. The first-order chi connectivity index (χ1) is 13.8. The Morgan fingerprint density at radius 2 is 0.607 bits per heavy atom. The molecular weight excluding hydrogens is 356 g/mol. The monoisotopic (exact) mass is 380 g/mol. The molecule has 0 saturated heterocycles. The zero-order chi connectivity index (χ0) is 19.2. The van der Waals surface area contributed by atoms with Gasteiger partial charge in [0, 0.05) is 22.7 Å². The predicted octanol–water partition coefficient (Wildman–Crippen LogP) is 6.51.